The fourth-order valence-corrected chi connectivity index (χ4v) is 2.57. The van der Waals surface area contributed by atoms with Crippen LogP contribution in [0.1, 0.15) is 41.6 Å². The number of aryl methyl sites for hydroxylation is 1. The van der Waals surface area contributed by atoms with Gasteiger partial charge in [-0.25, -0.2) is 0 Å². The Morgan fingerprint density at radius 1 is 1.35 bits per heavy atom. The van der Waals surface area contributed by atoms with Crippen LogP contribution in [-0.2, 0) is 0 Å². The molecule has 0 unspecified atom stereocenters. The van der Waals surface area contributed by atoms with E-state index >= 15 is 0 Å². The monoisotopic (exact) mass is 232 g/mol. The van der Waals surface area contributed by atoms with Gasteiger partial charge in [0.05, 0.1) is 0 Å². The summed E-state index contributed by atoms with van der Waals surface area (Å²) in [5.41, 5.74) is 8.14. The summed E-state index contributed by atoms with van der Waals surface area (Å²) in [6, 6.07) is 5.90. The van der Waals surface area contributed by atoms with Crippen molar-refractivity contribution in [1.82, 2.24) is 4.90 Å². The molecule has 1 amide bonds. The summed E-state index contributed by atoms with van der Waals surface area (Å²) in [5.74, 6) is 0.120. The number of hydrogen-bond acceptors (Lipinski definition) is 2. The number of carbonyl (C=O) groups excluding carboxylic acids is 1. The summed E-state index contributed by atoms with van der Waals surface area (Å²) < 4.78 is 0. The summed E-state index contributed by atoms with van der Waals surface area (Å²) >= 11 is 0. The van der Waals surface area contributed by atoms with Gasteiger partial charge in [0.15, 0.2) is 0 Å². The summed E-state index contributed by atoms with van der Waals surface area (Å²) in [4.78, 5) is 14.2. The average Bonchev–Trinajstić information content (AvgIpc) is 2.80. The molecule has 2 rings (SSSR count). The molecule has 3 nitrogen and oxygen atoms in total. The van der Waals surface area contributed by atoms with Crippen molar-refractivity contribution in [2.75, 3.05) is 12.8 Å². The van der Waals surface area contributed by atoms with E-state index in [0.717, 1.165) is 24.0 Å². The molecule has 0 radical (unpaired) electrons. The van der Waals surface area contributed by atoms with Crippen molar-refractivity contribution >= 4 is 11.6 Å². The Labute approximate surface area is 103 Å². The van der Waals surface area contributed by atoms with Crippen molar-refractivity contribution in [3.8, 4) is 0 Å². The third-order valence-electron chi connectivity index (χ3n) is 3.67. The average molecular weight is 232 g/mol. The van der Waals surface area contributed by atoms with Crippen LogP contribution >= 0.6 is 0 Å². The quantitative estimate of drug-likeness (QED) is 0.797. The highest BCUT2D eigenvalue weighted by molar-refractivity contribution is 5.96. The Morgan fingerprint density at radius 2 is 2.00 bits per heavy atom. The molecule has 0 atom stereocenters. The van der Waals surface area contributed by atoms with E-state index in [1.807, 2.05) is 31.0 Å². The maximum Gasteiger partial charge on any atom is 0.254 e. The van der Waals surface area contributed by atoms with Crippen molar-refractivity contribution in [3.05, 3.63) is 29.3 Å². The van der Waals surface area contributed by atoms with Crippen LogP contribution in [0.25, 0.3) is 0 Å². The third-order valence-corrected chi connectivity index (χ3v) is 3.67. The second-order valence-electron chi connectivity index (χ2n) is 4.93. The van der Waals surface area contributed by atoms with Crippen molar-refractivity contribution in [1.29, 1.82) is 0 Å². The summed E-state index contributed by atoms with van der Waals surface area (Å²) in [6.45, 7) is 1.94. The zero-order valence-electron chi connectivity index (χ0n) is 10.6. The number of nitrogens with two attached hydrogens (primary N) is 1. The molecule has 3 heteroatoms. The largest absolute Gasteiger partial charge is 0.399 e. The second-order valence-corrected chi connectivity index (χ2v) is 4.93. The molecule has 0 aliphatic heterocycles. The first-order chi connectivity index (χ1) is 8.09. The van der Waals surface area contributed by atoms with Gasteiger partial charge in [0, 0.05) is 24.3 Å². The number of nitrogens with zero attached hydrogens (tertiary/aromatic N) is 1. The summed E-state index contributed by atoms with van der Waals surface area (Å²) in [6.07, 6.45) is 4.75. The van der Waals surface area contributed by atoms with E-state index in [1.165, 1.54) is 12.8 Å². The minimum absolute atomic E-state index is 0.120. The molecule has 1 aliphatic carbocycles. The topological polar surface area (TPSA) is 46.3 Å². The molecule has 1 aromatic rings. The van der Waals surface area contributed by atoms with Gasteiger partial charge in [-0.1, -0.05) is 12.8 Å². The van der Waals surface area contributed by atoms with Gasteiger partial charge in [0.1, 0.15) is 0 Å². The van der Waals surface area contributed by atoms with Crippen LogP contribution in [0.3, 0.4) is 0 Å². The third kappa shape index (κ3) is 2.43. The molecule has 17 heavy (non-hydrogen) atoms. The first-order valence-electron chi connectivity index (χ1n) is 6.23. The highest BCUT2D eigenvalue weighted by atomic mass is 16.2. The lowest BCUT2D eigenvalue weighted by molar-refractivity contribution is 0.0734. The molecule has 2 N–H and O–H groups in total. The van der Waals surface area contributed by atoms with E-state index in [-0.39, 0.29) is 5.91 Å². The molecule has 0 saturated heterocycles. The molecule has 1 aromatic carbocycles. The van der Waals surface area contributed by atoms with Crippen LogP contribution in [0.15, 0.2) is 18.2 Å². The van der Waals surface area contributed by atoms with Crippen molar-refractivity contribution in [2.24, 2.45) is 0 Å². The fraction of sp³-hybridized carbons (Fsp3) is 0.500. The van der Waals surface area contributed by atoms with Crippen LogP contribution in [0.5, 0.6) is 0 Å². The molecule has 92 valence electrons. The van der Waals surface area contributed by atoms with Crippen LogP contribution in [0.4, 0.5) is 5.69 Å². The number of amides is 1. The molecule has 0 bridgehead atoms. The zero-order valence-corrected chi connectivity index (χ0v) is 10.6. The SMILES string of the molecule is Cc1cc(N)ccc1C(=O)N(C)C1CCCC1. The first-order valence-corrected chi connectivity index (χ1v) is 6.23. The minimum Gasteiger partial charge on any atom is -0.399 e. The van der Waals surface area contributed by atoms with Gasteiger partial charge < -0.3 is 10.6 Å². The minimum atomic E-state index is 0.120. The number of carbonyl (C=O) groups is 1. The van der Waals surface area contributed by atoms with Gasteiger partial charge in [-0.15, -0.1) is 0 Å². The number of benzene rings is 1. The van der Waals surface area contributed by atoms with Crippen molar-refractivity contribution in [3.63, 3.8) is 0 Å². The lowest BCUT2D eigenvalue weighted by Crippen LogP contribution is -2.35. The molecule has 1 fully saturated rings. The molecule has 1 saturated carbocycles. The van der Waals surface area contributed by atoms with Crippen LogP contribution in [0.2, 0.25) is 0 Å². The van der Waals surface area contributed by atoms with E-state index in [2.05, 4.69) is 0 Å². The Balaban J connectivity index is 2.18. The maximum absolute atomic E-state index is 12.3. The van der Waals surface area contributed by atoms with Crippen molar-refractivity contribution < 1.29 is 4.79 Å². The number of anilines is 1. The van der Waals surface area contributed by atoms with Gasteiger partial charge in [-0.2, -0.15) is 0 Å². The summed E-state index contributed by atoms with van der Waals surface area (Å²) in [5, 5.41) is 0. The van der Waals surface area contributed by atoms with Crippen LogP contribution in [-0.4, -0.2) is 23.9 Å². The predicted octanol–water partition coefficient (Wildman–Crippen LogP) is 2.59. The van der Waals surface area contributed by atoms with E-state index in [9.17, 15) is 4.79 Å². The number of rotatable bonds is 2. The van der Waals surface area contributed by atoms with Crippen molar-refractivity contribution in [2.45, 2.75) is 38.6 Å². The normalized spacial score (nSPS) is 16.1. The van der Waals surface area contributed by atoms with Gasteiger partial charge in [-0.05, 0) is 43.5 Å². The standard InChI is InChI=1S/C14H20N2O/c1-10-9-11(15)7-8-13(10)14(17)16(2)12-5-3-4-6-12/h7-9,12H,3-6,15H2,1-2H3. The van der Waals surface area contributed by atoms with Crippen LogP contribution in [0, 0.1) is 6.92 Å². The molecule has 0 spiro atoms. The Kier molecular flexibility index (Phi) is 3.36. The Morgan fingerprint density at radius 3 is 2.59 bits per heavy atom. The fourth-order valence-electron chi connectivity index (χ4n) is 2.57. The maximum atomic E-state index is 12.3. The Hall–Kier alpha value is -1.51. The second kappa shape index (κ2) is 4.78. The number of hydrogen-bond donors (Lipinski definition) is 1. The zero-order chi connectivity index (χ0) is 12.4. The Bertz CT molecular complexity index is 422. The van der Waals surface area contributed by atoms with Gasteiger partial charge in [0.25, 0.3) is 5.91 Å². The molecular weight excluding hydrogens is 212 g/mol. The first kappa shape index (κ1) is 12.0. The van der Waals surface area contributed by atoms with E-state index < -0.39 is 0 Å². The van der Waals surface area contributed by atoms with Crippen LogP contribution < -0.4 is 5.73 Å². The highest BCUT2D eigenvalue weighted by Crippen LogP contribution is 2.24. The van der Waals surface area contributed by atoms with Gasteiger partial charge in [0.2, 0.25) is 0 Å². The summed E-state index contributed by atoms with van der Waals surface area (Å²) in [7, 11) is 1.91. The molecule has 0 aromatic heterocycles. The van der Waals surface area contributed by atoms with E-state index in [0.29, 0.717) is 11.7 Å². The molecule has 0 heterocycles. The van der Waals surface area contributed by atoms with Gasteiger partial charge in [-0.3, -0.25) is 4.79 Å². The smallest absolute Gasteiger partial charge is 0.254 e. The lowest BCUT2D eigenvalue weighted by atomic mass is 10.1. The van der Waals surface area contributed by atoms with Gasteiger partial charge >= 0.3 is 0 Å². The van der Waals surface area contributed by atoms with E-state index in [4.69, 9.17) is 5.73 Å². The number of nitrogen functional groups attached to an aromatic ring is 1. The molecule has 1 aliphatic rings. The van der Waals surface area contributed by atoms with E-state index in [1.54, 1.807) is 6.07 Å². The highest BCUT2D eigenvalue weighted by Gasteiger charge is 2.24. The molecular formula is C14H20N2O. The lowest BCUT2D eigenvalue weighted by Gasteiger charge is -2.25. The predicted molar refractivity (Wildman–Crippen MR) is 69.9 cm³/mol.